The summed E-state index contributed by atoms with van der Waals surface area (Å²) in [4.78, 5) is 19.5. The molecule has 7 nitrogen and oxygen atoms in total. The first kappa shape index (κ1) is 17.6. The molecule has 0 bridgehead atoms. The molecule has 0 aliphatic rings. The number of nitrogens with one attached hydrogen (secondary N) is 2. The van der Waals surface area contributed by atoms with Crippen LogP contribution in [0, 0.1) is 0 Å². The fourth-order valence-electron chi connectivity index (χ4n) is 2.53. The molecule has 0 saturated heterocycles. The number of nitrogens with zero attached hydrogens (tertiary/aromatic N) is 3. The highest BCUT2D eigenvalue weighted by Crippen LogP contribution is 2.31. The number of halogens is 1. The maximum Gasteiger partial charge on any atom is 0.277 e. The second-order valence-electron chi connectivity index (χ2n) is 5.71. The monoisotopic (exact) mass is 399 g/mol. The third-order valence-electron chi connectivity index (χ3n) is 3.89. The van der Waals surface area contributed by atoms with Gasteiger partial charge in [-0.05, 0) is 25.1 Å². The average molecular weight is 400 g/mol. The van der Waals surface area contributed by atoms with Crippen molar-refractivity contribution in [3.05, 3.63) is 53.9 Å². The van der Waals surface area contributed by atoms with Gasteiger partial charge >= 0.3 is 0 Å². The van der Waals surface area contributed by atoms with Crippen LogP contribution in [-0.2, 0) is 4.79 Å². The summed E-state index contributed by atoms with van der Waals surface area (Å²) >= 11 is 7.14. The number of anilines is 1. The molecule has 0 spiro atoms. The zero-order valence-corrected chi connectivity index (χ0v) is 15.7. The van der Waals surface area contributed by atoms with Crippen molar-refractivity contribution in [1.29, 1.82) is 0 Å². The Hall–Kier alpha value is -2.84. The van der Waals surface area contributed by atoms with E-state index in [4.69, 9.17) is 16.0 Å². The smallest absolute Gasteiger partial charge is 0.277 e. The van der Waals surface area contributed by atoms with Crippen LogP contribution in [0.4, 0.5) is 5.69 Å². The van der Waals surface area contributed by atoms with E-state index >= 15 is 0 Å². The Morgan fingerprint density at radius 3 is 2.96 bits per heavy atom. The predicted octanol–water partition coefficient (Wildman–Crippen LogP) is 4.39. The van der Waals surface area contributed by atoms with Gasteiger partial charge in [0.2, 0.25) is 5.91 Å². The molecular formula is C18H14ClN5O2S. The predicted molar refractivity (Wildman–Crippen MR) is 105 cm³/mol. The van der Waals surface area contributed by atoms with Crippen molar-refractivity contribution in [2.75, 3.05) is 5.32 Å². The van der Waals surface area contributed by atoms with E-state index in [1.807, 2.05) is 30.5 Å². The molecule has 0 saturated carbocycles. The molecule has 3 aromatic heterocycles. The van der Waals surface area contributed by atoms with Crippen molar-refractivity contribution in [1.82, 2.24) is 20.2 Å². The molecular weight excluding hydrogens is 386 g/mol. The number of hydrogen-bond donors (Lipinski definition) is 2. The zero-order chi connectivity index (χ0) is 18.8. The lowest BCUT2D eigenvalue weighted by atomic mass is 10.2. The number of carbonyl (C=O) groups is 1. The molecule has 0 aliphatic carbocycles. The molecule has 4 aromatic rings. The Balaban J connectivity index is 1.47. The summed E-state index contributed by atoms with van der Waals surface area (Å²) in [7, 11) is 0. The maximum atomic E-state index is 12.4. The van der Waals surface area contributed by atoms with Gasteiger partial charge in [-0.1, -0.05) is 41.6 Å². The number of hydrogen-bond acceptors (Lipinski definition) is 6. The number of benzene rings is 1. The number of aromatic nitrogens is 4. The molecule has 9 heteroatoms. The van der Waals surface area contributed by atoms with Crippen molar-refractivity contribution < 1.29 is 9.21 Å². The first-order valence-corrected chi connectivity index (χ1v) is 9.35. The van der Waals surface area contributed by atoms with Crippen LogP contribution in [0.1, 0.15) is 6.92 Å². The van der Waals surface area contributed by atoms with Gasteiger partial charge in [-0.3, -0.25) is 4.79 Å². The first-order valence-electron chi connectivity index (χ1n) is 8.10. The van der Waals surface area contributed by atoms with E-state index in [0.717, 1.165) is 16.5 Å². The van der Waals surface area contributed by atoms with Crippen LogP contribution in [0.2, 0.25) is 5.15 Å². The normalized spacial score (nSPS) is 12.2. The van der Waals surface area contributed by atoms with E-state index in [9.17, 15) is 4.79 Å². The summed E-state index contributed by atoms with van der Waals surface area (Å²) in [5, 5.41) is 12.0. The lowest BCUT2D eigenvalue weighted by Crippen LogP contribution is -2.22. The highest BCUT2D eigenvalue weighted by Gasteiger charge is 2.20. The number of aromatic amines is 1. The maximum absolute atomic E-state index is 12.4. The lowest BCUT2D eigenvalue weighted by molar-refractivity contribution is -0.115. The van der Waals surface area contributed by atoms with Gasteiger partial charge in [0, 0.05) is 23.3 Å². The van der Waals surface area contributed by atoms with Crippen LogP contribution >= 0.6 is 23.4 Å². The summed E-state index contributed by atoms with van der Waals surface area (Å²) in [5.74, 6) is 0.166. The molecule has 0 aliphatic heterocycles. The fourth-order valence-corrected chi connectivity index (χ4v) is 3.38. The fraction of sp³-hybridized carbons (Fsp3) is 0.111. The first-order chi connectivity index (χ1) is 13.1. The SMILES string of the molecule is C[C@H](Sc1nnc(-c2c[nH]c3ccccc23)o1)C(=O)Nc1cccnc1Cl. The third-order valence-corrected chi connectivity index (χ3v) is 5.13. The van der Waals surface area contributed by atoms with Gasteiger partial charge in [0.1, 0.15) is 0 Å². The number of carbonyl (C=O) groups excluding carboxylic acids is 1. The topological polar surface area (TPSA) is 96.7 Å². The zero-order valence-electron chi connectivity index (χ0n) is 14.1. The molecule has 3 heterocycles. The van der Waals surface area contributed by atoms with Crippen LogP contribution in [-0.4, -0.2) is 31.3 Å². The van der Waals surface area contributed by atoms with Crippen molar-refractivity contribution in [3.63, 3.8) is 0 Å². The molecule has 0 fully saturated rings. The van der Waals surface area contributed by atoms with Crippen LogP contribution in [0.15, 0.2) is 58.4 Å². The van der Waals surface area contributed by atoms with Crippen molar-refractivity contribution >= 4 is 45.9 Å². The molecule has 1 aromatic carbocycles. The van der Waals surface area contributed by atoms with E-state index < -0.39 is 5.25 Å². The Kier molecular flexibility index (Phi) is 4.83. The Labute approximate surface area is 163 Å². The summed E-state index contributed by atoms with van der Waals surface area (Å²) in [6.45, 7) is 1.75. The number of H-pyrrole nitrogens is 1. The number of para-hydroxylation sites is 1. The van der Waals surface area contributed by atoms with Crippen molar-refractivity contribution in [3.8, 4) is 11.5 Å². The van der Waals surface area contributed by atoms with E-state index in [1.54, 1.807) is 25.3 Å². The number of rotatable bonds is 5. The van der Waals surface area contributed by atoms with Gasteiger partial charge in [-0.15, -0.1) is 10.2 Å². The highest BCUT2D eigenvalue weighted by atomic mass is 35.5. The summed E-state index contributed by atoms with van der Waals surface area (Å²) in [6.07, 6.45) is 3.38. The Morgan fingerprint density at radius 2 is 2.11 bits per heavy atom. The number of fused-ring (bicyclic) bond motifs is 1. The van der Waals surface area contributed by atoms with Crippen molar-refractivity contribution in [2.24, 2.45) is 0 Å². The van der Waals surface area contributed by atoms with Gasteiger partial charge in [-0.2, -0.15) is 0 Å². The third kappa shape index (κ3) is 3.67. The Bertz CT molecular complexity index is 1110. The highest BCUT2D eigenvalue weighted by molar-refractivity contribution is 8.00. The van der Waals surface area contributed by atoms with Gasteiger partial charge < -0.3 is 14.7 Å². The van der Waals surface area contributed by atoms with Crippen LogP contribution in [0.25, 0.3) is 22.4 Å². The second-order valence-corrected chi connectivity index (χ2v) is 7.36. The second kappa shape index (κ2) is 7.42. The van der Waals surface area contributed by atoms with E-state index in [1.165, 1.54) is 11.8 Å². The average Bonchev–Trinajstić information content (AvgIpc) is 3.30. The van der Waals surface area contributed by atoms with Crippen LogP contribution in [0.3, 0.4) is 0 Å². The quantitative estimate of drug-likeness (QED) is 0.381. The number of thioether (sulfide) groups is 1. The summed E-state index contributed by atoms with van der Waals surface area (Å²) in [6, 6.07) is 11.2. The van der Waals surface area contributed by atoms with Gasteiger partial charge in [0.15, 0.2) is 5.15 Å². The van der Waals surface area contributed by atoms with Gasteiger partial charge in [-0.25, -0.2) is 4.98 Å². The lowest BCUT2D eigenvalue weighted by Gasteiger charge is -2.10. The minimum atomic E-state index is -0.461. The number of amides is 1. The molecule has 27 heavy (non-hydrogen) atoms. The van der Waals surface area contributed by atoms with Crippen LogP contribution < -0.4 is 5.32 Å². The van der Waals surface area contributed by atoms with E-state index in [2.05, 4.69) is 25.5 Å². The van der Waals surface area contributed by atoms with Gasteiger partial charge in [0.05, 0.1) is 16.5 Å². The molecule has 0 radical (unpaired) electrons. The molecule has 1 atom stereocenters. The summed E-state index contributed by atoms with van der Waals surface area (Å²) in [5.41, 5.74) is 2.27. The van der Waals surface area contributed by atoms with Gasteiger partial charge in [0.25, 0.3) is 11.1 Å². The standard InChI is InChI=1S/C18H14ClN5O2S/c1-10(16(25)22-14-7-4-8-20-15(14)19)27-18-24-23-17(26-18)12-9-21-13-6-3-2-5-11(12)13/h2-10,21H,1H3,(H,22,25)/t10-/m0/s1. The Morgan fingerprint density at radius 1 is 1.26 bits per heavy atom. The molecule has 4 rings (SSSR count). The minimum Gasteiger partial charge on any atom is -0.411 e. The largest absolute Gasteiger partial charge is 0.411 e. The number of pyridine rings is 1. The van der Waals surface area contributed by atoms with E-state index in [-0.39, 0.29) is 11.1 Å². The summed E-state index contributed by atoms with van der Waals surface area (Å²) < 4.78 is 5.73. The van der Waals surface area contributed by atoms with Crippen LogP contribution in [0.5, 0.6) is 0 Å². The molecule has 1 amide bonds. The van der Waals surface area contributed by atoms with E-state index in [0.29, 0.717) is 16.8 Å². The molecule has 2 N–H and O–H groups in total. The molecule has 136 valence electrons. The molecule has 0 unspecified atom stereocenters. The van der Waals surface area contributed by atoms with Crippen molar-refractivity contribution in [2.45, 2.75) is 17.4 Å². The minimum absolute atomic E-state index is 0.234.